The number of aromatic nitrogens is 1. The highest BCUT2D eigenvalue weighted by Crippen LogP contribution is 2.24. The van der Waals surface area contributed by atoms with E-state index in [1.165, 1.54) is 13.1 Å². The van der Waals surface area contributed by atoms with Gasteiger partial charge in [-0.2, -0.15) is 0 Å². The predicted molar refractivity (Wildman–Crippen MR) is 75.8 cm³/mol. The molecule has 0 fully saturated rings. The summed E-state index contributed by atoms with van der Waals surface area (Å²) in [6, 6.07) is 1.86. The number of aryl methyl sites for hydroxylation is 2. The van der Waals surface area contributed by atoms with Gasteiger partial charge in [-0.15, -0.1) is 11.3 Å². The second-order valence-electron chi connectivity index (χ2n) is 4.29. The molecular formula is C12H11FN2O4S2. The molecule has 0 aliphatic carbocycles. The fourth-order valence-corrected chi connectivity index (χ4v) is 3.64. The van der Waals surface area contributed by atoms with E-state index in [1.54, 1.807) is 6.92 Å². The highest BCUT2D eigenvalue weighted by molar-refractivity contribution is 7.93. The second kappa shape index (κ2) is 5.41. The Bertz CT molecular complexity index is 815. The number of aromatic carboxylic acids is 1. The van der Waals surface area contributed by atoms with Gasteiger partial charge in [-0.1, -0.05) is 0 Å². The first kappa shape index (κ1) is 15.4. The van der Waals surface area contributed by atoms with Crippen LogP contribution in [-0.2, 0) is 10.0 Å². The van der Waals surface area contributed by atoms with Gasteiger partial charge in [0, 0.05) is 11.1 Å². The smallest absolute Gasteiger partial charge is 0.338 e. The van der Waals surface area contributed by atoms with Gasteiger partial charge in [-0.3, -0.25) is 4.72 Å². The Morgan fingerprint density at radius 1 is 1.38 bits per heavy atom. The number of anilines is 1. The van der Waals surface area contributed by atoms with Crippen LogP contribution in [0, 0.1) is 19.7 Å². The van der Waals surface area contributed by atoms with Crippen molar-refractivity contribution >= 4 is 32.5 Å². The van der Waals surface area contributed by atoms with Gasteiger partial charge in [0.2, 0.25) is 0 Å². The van der Waals surface area contributed by atoms with E-state index in [4.69, 9.17) is 5.11 Å². The molecule has 1 aromatic heterocycles. The molecular weight excluding hydrogens is 319 g/mol. The van der Waals surface area contributed by atoms with Crippen molar-refractivity contribution in [2.45, 2.75) is 18.7 Å². The molecule has 2 rings (SSSR count). The molecule has 0 atom stereocenters. The molecule has 0 saturated carbocycles. The van der Waals surface area contributed by atoms with Gasteiger partial charge in [0.05, 0.1) is 10.5 Å². The summed E-state index contributed by atoms with van der Waals surface area (Å²) in [7, 11) is -4.03. The minimum absolute atomic E-state index is 0.0643. The fourth-order valence-electron chi connectivity index (χ4n) is 1.62. The summed E-state index contributed by atoms with van der Waals surface area (Å²) in [6.45, 7) is 3.06. The quantitative estimate of drug-likeness (QED) is 0.897. The Morgan fingerprint density at radius 3 is 2.57 bits per heavy atom. The number of sulfonamides is 1. The molecule has 6 nitrogen and oxygen atoms in total. The molecule has 0 spiro atoms. The summed E-state index contributed by atoms with van der Waals surface area (Å²) in [6.07, 6.45) is 1.50. The average molecular weight is 330 g/mol. The van der Waals surface area contributed by atoms with Gasteiger partial charge < -0.3 is 5.11 Å². The zero-order valence-electron chi connectivity index (χ0n) is 11.0. The summed E-state index contributed by atoms with van der Waals surface area (Å²) in [5, 5.41) is 9.07. The molecule has 1 aromatic carbocycles. The summed E-state index contributed by atoms with van der Waals surface area (Å²) in [5.41, 5.74) is -0.753. The molecule has 0 unspecified atom stereocenters. The first-order valence-electron chi connectivity index (χ1n) is 5.69. The SMILES string of the molecule is Cc1cnc(NS(=O)(=O)c2cc(C)c(F)c(C(=O)O)c2)s1. The number of carboxylic acid groups (broad SMARTS) is 1. The maximum atomic E-state index is 13.6. The highest BCUT2D eigenvalue weighted by atomic mass is 32.2. The maximum absolute atomic E-state index is 13.6. The molecule has 0 amide bonds. The fraction of sp³-hybridized carbons (Fsp3) is 0.167. The lowest BCUT2D eigenvalue weighted by Gasteiger charge is -2.08. The van der Waals surface area contributed by atoms with E-state index in [2.05, 4.69) is 9.71 Å². The number of carboxylic acids is 1. The van der Waals surface area contributed by atoms with Crippen LogP contribution >= 0.6 is 11.3 Å². The number of hydrogen-bond acceptors (Lipinski definition) is 5. The monoisotopic (exact) mass is 330 g/mol. The number of thiazole rings is 1. The minimum Gasteiger partial charge on any atom is -0.478 e. The highest BCUT2D eigenvalue weighted by Gasteiger charge is 2.22. The number of carbonyl (C=O) groups is 1. The van der Waals surface area contributed by atoms with Gasteiger partial charge in [-0.05, 0) is 31.5 Å². The minimum atomic E-state index is -4.03. The van der Waals surface area contributed by atoms with Crippen molar-refractivity contribution < 1.29 is 22.7 Å². The lowest BCUT2D eigenvalue weighted by atomic mass is 10.1. The van der Waals surface area contributed by atoms with E-state index >= 15 is 0 Å². The topological polar surface area (TPSA) is 96.4 Å². The molecule has 112 valence electrons. The van der Waals surface area contributed by atoms with Crippen molar-refractivity contribution in [2.75, 3.05) is 4.72 Å². The number of hydrogen-bond donors (Lipinski definition) is 2. The first-order chi connectivity index (χ1) is 9.70. The van der Waals surface area contributed by atoms with Crippen LogP contribution in [0.3, 0.4) is 0 Å². The van der Waals surface area contributed by atoms with Crippen molar-refractivity contribution in [3.8, 4) is 0 Å². The van der Waals surface area contributed by atoms with Crippen molar-refractivity contribution in [1.82, 2.24) is 4.98 Å². The van der Waals surface area contributed by atoms with Crippen molar-refractivity contribution in [3.63, 3.8) is 0 Å². The molecule has 0 bridgehead atoms. The van der Waals surface area contributed by atoms with Crippen LogP contribution in [0.1, 0.15) is 20.8 Å². The number of halogens is 1. The third-order valence-electron chi connectivity index (χ3n) is 2.61. The lowest BCUT2D eigenvalue weighted by molar-refractivity contribution is 0.0691. The molecule has 0 aliphatic heterocycles. The van der Waals surface area contributed by atoms with E-state index < -0.39 is 27.4 Å². The Balaban J connectivity index is 2.47. The summed E-state index contributed by atoms with van der Waals surface area (Å²) in [4.78, 5) is 15.3. The van der Waals surface area contributed by atoms with Crippen LogP contribution in [0.4, 0.5) is 9.52 Å². The van der Waals surface area contributed by atoms with Gasteiger partial charge in [0.15, 0.2) is 5.13 Å². The molecule has 0 aliphatic rings. The summed E-state index contributed by atoms with van der Waals surface area (Å²) in [5.74, 6) is -2.48. The standard InChI is InChI=1S/C12H11FN2O4S2/c1-6-3-8(4-9(10(6)13)11(16)17)21(18,19)15-12-14-5-7(2)20-12/h3-5H,1-2H3,(H,14,15)(H,16,17). The molecule has 0 radical (unpaired) electrons. The van der Waals surface area contributed by atoms with Gasteiger partial charge in [0.25, 0.3) is 10.0 Å². The van der Waals surface area contributed by atoms with Gasteiger partial charge >= 0.3 is 5.97 Å². The summed E-state index contributed by atoms with van der Waals surface area (Å²) < 4.78 is 40.3. The number of rotatable bonds is 4. The van der Waals surface area contributed by atoms with Crippen LogP contribution in [-0.4, -0.2) is 24.5 Å². The van der Waals surface area contributed by atoms with Crippen LogP contribution in [0.25, 0.3) is 0 Å². The average Bonchev–Trinajstić information content (AvgIpc) is 2.76. The molecule has 0 saturated heterocycles. The van der Waals surface area contributed by atoms with Crippen molar-refractivity contribution in [2.24, 2.45) is 0 Å². The third kappa shape index (κ3) is 3.19. The van der Waals surface area contributed by atoms with Crippen LogP contribution < -0.4 is 4.72 Å². The Morgan fingerprint density at radius 2 is 2.05 bits per heavy atom. The molecule has 9 heteroatoms. The Hall–Kier alpha value is -2.00. The maximum Gasteiger partial charge on any atom is 0.338 e. The van der Waals surface area contributed by atoms with E-state index in [9.17, 15) is 17.6 Å². The number of benzene rings is 1. The van der Waals surface area contributed by atoms with Crippen LogP contribution in [0.5, 0.6) is 0 Å². The predicted octanol–water partition coefficient (Wildman–Crippen LogP) is 2.40. The van der Waals surface area contributed by atoms with E-state index in [0.29, 0.717) is 0 Å². The molecule has 2 aromatic rings. The largest absolute Gasteiger partial charge is 0.478 e. The normalized spacial score (nSPS) is 11.4. The second-order valence-corrected chi connectivity index (χ2v) is 7.21. The Labute approximate surface area is 124 Å². The molecule has 21 heavy (non-hydrogen) atoms. The van der Waals surface area contributed by atoms with Crippen molar-refractivity contribution in [3.05, 3.63) is 40.2 Å². The van der Waals surface area contributed by atoms with E-state index in [0.717, 1.165) is 28.3 Å². The molecule has 2 N–H and O–H groups in total. The molecule has 1 heterocycles. The van der Waals surface area contributed by atoms with E-state index in [-0.39, 0.29) is 15.6 Å². The van der Waals surface area contributed by atoms with Crippen molar-refractivity contribution in [1.29, 1.82) is 0 Å². The van der Waals surface area contributed by atoms with Crippen LogP contribution in [0.2, 0.25) is 0 Å². The van der Waals surface area contributed by atoms with Gasteiger partial charge in [-0.25, -0.2) is 22.6 Å². The van der Waals surface area contributed by atoms with E-state index in [1.807, 2.05) is 0 Å². The first-order valence-corrected chi connectivity index (χ1v) is 7.99. The number of nitrogens with zero attached hydrogens (tertiary/aromatic N) is 1. The van der Waals surface area contributed by atoms with Gasteiger partial charge in [0.1, 0.15) is 5.82 Å². The summed E-state index contributed by atoms with van der Waals surface area (Å²) >= 11 is 1.14. The Kier molecular flexibility index (Phi) is 3.97. The third-order valence-corrected chi connectivity index (χ3v) is 4.89. The number of nitrogens with one attached hydrogen (secondary N) is 1. The zero-order chi connectivity index (χ0) is 15.8. The lowest BCUT2D eigenvalue weighted by Crippen LogP contribution is -2.15. The van der Waals surface area contributed by atoms with Crippen LogP contribution in [0.15, 0.2) is 23.2 Å². The zero-order valence-corrected chi connectivity index (χ0v) is 12.7.